The summed E-state index contributed by atoms with van der Waals surface area (Å²) in [5.41, 5.74) is 2.52. The Kier molecular flexibility index (Phi) is 5.65. The van der Waals surface area contributed by atoms with E-state index in [0.717, 1.165) is 31.2 Å². The molecule has 0 aliphatic carbocycles. The van der Waals surface area contributed by atoms with Crippen molar-refractivity contribution >= 4 is 24.0 Å². The van der Waals surface area contributed by atoms with Gasteiger partial charge in [-0.2, -0.15) is 5.10 Å². The van der Waals surface area contributed by atoms with Gasteiger partial charge >= 0.3 is 0 Å². The minimum absolute atomic E-state index is 0. The number of piperazine rings is 1. The van der Waals surface area contributed by atoms with Crippen LogP contribution in [0.4, 0.5) is 0 Å². The quantitative estimate of drug-likeness (QED) is 0.941. The first kappa shape index (κ1) is 16.3. The van der Waals surface area contributed by atoms with Crippen LogP contribution in [-0.2, 0) is 13.6 Å². The lowest BCUT2D eigenvalue weighted by molar-refractivity contribution is 0.153. The Bertz CT molecular complexity index is 585. The van der Waals surface area contributed by atoms with Crippen LogP contribution in [0.15, 0.2) is 36.7 Å². The van der Waals surface area contributed by atoms with E-state index < -0.39 is 0 Å². The maximum atomic E-state index is 6.12. The zero-order valence-corrected chi connectivity index (χ0v) is 13.6. The molecular weight excluding hydrogens is 307 g/mol. The number of nitrogens with zero attached hydrogens (tertiary/aromatic N) is 3. The van der Waals surface area contributed by atoms with Gasteiger partial charge in [0, 0.05) is 56.1 Å². The predicted octanol–water partition coefficient (Wildman–Crippen LogP) is 2.64. The second-order valence-electron chi connectivity index (χ2n) is 5.27. The first-order valence-corrected chi connectivity index (χ1v) is 7.28. The number of nitrogens with one attached hydrogen (secondary N) is 1. The smallest absolute Gasteiger partial charge is 0.0534 e. The average Bonchev–Trinajstić information content (AvgIpc) is 2.85. The standard InChI is InChI=1S/C15H19ClN4.ClH/c1-19-10-12(8-18-19)11-20-6-5-17-9-15(20)13-3-2-4-14(16)7-13;/h2-4,7-8,10,15,17H,5-6,9,11H2,1H3;1H. The Morgan fingerprint density at radius 2 is 2.29 bits per heavy atom. The SMILES string of the molecule is Cl.Cn1cc(CN2CCNCC2c2cccc(Cl)c2)cn1. The van der Waals surface area contributed by atoms with Gasteiger partial charge in [0.1, 0.15) is 0 Å². The number of hydrogen-bond donors (Lipinski definition) is 1. The zero-order valence-electron chi connectivity index (χ0n) is 12.0. The van der Waals surface area contributed by atoms with Crippen LogP contribution in [0.3, 0.4) is 0 Å². The summed E-state index contributed by atoms with van der Waals surface area (Å²) in [4.78, 5) is 2.49. The molecule has 1 aromatic carbocycles. The molecule has 0 saturated carbocycles. The van der Waals surface area contributed by atoms with Gasteiger partial charge in [-0.3, -0.25) is 9.58 Å². The molecule has 0 spiro atoms. The van der Waals surface area contributed by atoms with Crippen LogP contribution in [0.2, 0.25) is 5.02 Å². The van der Waals surface area contributed by atoms with Crippen molar-refractivity contribution in [2.24, 2.45) is 7.05 Å². The van der Waals surface area contributed by atoms with E-state index in [1.165, 1.54) is 11.1 Å². The Balaban J connectivity index is 0.00000161. The number of rotatable bonds is 3. The average molecular weight is 327 g/mol. The lowest BCUT2D eigenvalue weighted by atomic mass is 10.0. The fraction of sp³-hybridized carbons (Fsp3) is 0.400. The first-order chi connectivity index (χ1) is 9.72. The highest BCUT2D eigenvalue weighted by Gasteiger charge is 2.24. The summed E-state index contributed by atoms with van der Waals surface area (Å²) in [6.45, 7) is 3.94. The summed E-state index contributed by atoms with van der Waals surface area (Å²) in [5, 5.41) is 8.52. The fourth-order valence-electron chi connectivity index (χ4n) is 2.77. The van der Waals surface area contributed by atoms with Crippen molar-refractivity contribution < 1.29 is 0 Å². The molecule has 114 valence electrons. The number of benzene rings is 1. The third-order valence-corrected chi connectivity index (χ3v) is 3.97. The number of halogens is 2. The molecule has 1 unspecified atom stereocenters. The molecule has 0 amide bonds. The van der Waals surface area contributed by atoms with E-state index in [0.29, 0.717) is 6.04 Å². The van der Waals surface area contributed by atoms with Crippen molar-refractivity contribution in [3.8, 4) is 0 Å². The molecule has 6 heteroatoms. The van der Waals surface area contributed by atoms with Gasteiger partial charge in [0.15, 0.2) is 0 Å². The molecule has 1 saturated heterocycles. The summed E-state index contributed by atoms with van der Waals surface area (Å²) in [5.74, 6) is 0. The molecule has 1 atom stereocenters. The highest BCUT2D eigenvalue weighted by molar-refractivity contribution is 6.30. The summed E-state index contributed by atoms with van der Waals surface area (Å²) in [7, 11) is 1.95. The van der Waals surface area contributed by atoms with E-state index in [-0.39, 0.29) is 12.4 Å². The van der Waals surface area contributed by atoms with Crippen LogP contribution < -0.4 is 5.32 Å². The van der Waals surface area contributed by atoms with Crippen LogP contribution in [0, 0.1) is 0 Å². The third-order valence-electron chi connectivity index (χ3n) is 3.73. The highest BCUT2D eigenvalue weighted by atomic mass is 35.5. The van der Waals surface area contributed by atoms with E-state index in [9.17, 15) is 0 Å². The monoisotopic (exact) mass is 326 g/mol. The summed E-state index contributed by atoms with van der Waals surface area (Å²) in [6.07, 6.45) is 4.02. The van der Waals surface area contributed by atoms with Gasteiger partial charge in [-0.15, -0.1) is 12.4 Å². The minimum atomic E-state index is 0. The molecular formula is C15H20Cl2N4. The van der Waals surface area contributed by atoms with Crippen LogP contribution in [0.25, 0.3) is 0 Å². The van der Waals surface area contributed by atoms with Gasteiger partial charge in [0.2, 0.25) is 0 Å². The Labute approximate surface area is 136 Å². The van der Waals surface area contributed by atoms with Crippen LogP contribution in [0.5, 0.6) is 0 Å². The number of aryl methyl sites for hydroxylation is 1. The van der Waals surface area contributed by atoms with Crippen molar-refractivity contribution in [1.82, 2.24) is 20.0 Å². The molecule has 2 heterocycles. The second kappa shape index (κ2) is 7.27. The van der Waals surface area contributed by atoms with E-state index in [4.69, 9.17) is 11.6 Å². The summed E-state index contributed by atoms with van der Waals surface area (Å²) in [6, 6.07) is 8.53. The summed E-state index contributed by atoms with van der Waals surface area (Å²) < 4.78 is 1.85. The predicted molar refractivity (Wildman–Crippen MR) is 87.9 cm³/mol. The topological polar surface area (TPSA) is 33.1 Å². The van der Waals surface area contributed by atoms with Crippen LogP contribution >= 0.6 is 24.0 Å². The molecule has 1 N–H and O–H groups in total. The molecule has 21 heavy (non-hydrogen) atoms. The molecule has 1 fully saturated rings. The molecule has 4 nitrogen and oxygen atoms in total. The molecule has 2 aromatic rings. The van der Waals surface area contributed by atoms with E-state index in [1.54, 1.807) is 0 Å². The number of hydrogen-bond acceptors (Lipinski definition) is 3. The van der Waals surface area contributed by atoms with Crippen molar-refractivity contribution in [2.75, 3.05) is 19.6 Å². The maximum Gasteiger partial charge on any atom is 0.0534 e. The molecule has 3 rings (SSSR count). The summed E-state index contributed by atoms with van der Waals surface area (Å²) >= 11 is 6.12. The zero-order chi connectivity index (χ0) is 13.9. The van der Waals surface area contributed by atoms with Gasteiger partial charge in [0.05, 0.1) is 6.20 Å². The van der Waals surface area contributed by atoms with Crippen molar-refractivity contribution in [3.05, 3.63) is 52.8 Å². The van der Waals surface area contributed by atoms with Gasteiger partial charge in [-0.1, -0.05) is 23.7 Å². The van der Waals surface area contributed by atoms with Crippen molar-refractivity contribution in [2.45, 2.75) is 12.6 Å². The molecule has 1 aliphatic rings. The maximum absolute atomic E-state index is 6.12. The van der Waals surface area contributed by atoms with Crippen molar-refractivity contribution in [1.29, 1.82) is 0 Å². The number of aromatic nitrogens is 2. The largest absolute Gasteiger partial charge is 0.314 e. The second-order valence-corrected chi connectivity index (χ2v) is 5.70. The molecule has 0 bridgehead atoms. The highest BCUT2D eigenvalue weighted by Crippen LogP contribution is 2.26. The normalized spacial score (nSPS) is 19.2. The van der Waals surface area contributed by atoms with Gasteiger partial charge < -0.3 is 5.32 Å². The van der Waals surface area contributed by atoms with Gasteiger partial charge in [0.25, 0.3) is 0 Å². The molecule has 0 radical (unpaired) electrons. The Morgan fingerprint density at radius 1 is 1.43 bits per heavy atom. The Hall–Kier alpha value is -1.07. The van der Waals surface area contributed by atoms with Gasteiger partial charge in [-0.05, 0) is 17.7 Å². The minimum Gasteiger partial charge on any atom is -0.314 e. The lowest BCUT2D eigenvalue weighted by Crippen LogP contribution is -2.45. The van der Waals surface area contributed by atoms with E-state index >= 15 is 0 Å². The van der Waals surface area contributed by atoms with E-state index in [2.05, 4.69) is 33.6 Å². The molecule has 1 aliphatic heterocycles. The van der Waals surface area contributed by atoms with Crippen molar-refractivity contribution in [3.63, 3.8) is 0 Å². The van der Waals surface area contributed by atoms with E-state index in [1.807, 2.05) is 30.1 Å². The fourth-order valence-corrected chi connectivity index (χ4v) is 2.96. The van der Waals surface area contributed by atoms with Crippen LogP contribution in [-0.4, -0.2) is 34.3 Å². The first-order valence-electron chi connectivity index (χ1n) is 6.90. The van der Waals surface area contributed by atoms with Crippen LogP contribution in [0.1, 0.15) is 17.2 Å². The van der Waals surface area contributed by atoms with Gasteiger partial charge in [-0.25, -0.2) is 0 Å². The Morgan fingerprint density at radius 3 is 3.00 bits per heavy atom. The third kappa shape index (κ3) is 3.98. The molecule has 1 aromatic heterocycles. The lowest BCUT2D eigenvalue weighted by Gasteiger charge is -2.36.